The number of anilines is 1. The molecule has 3 atom stereocenters. The zero-order valence-electron chi connectivity index (χ0n) is 9.86. The van der Waals surface area contributed by atoms with Gasteiger partial charge in [0, 0.05) is 12.1 Å². The van der Waals surface area contributed by atoms with Crippen LogP contribution in [0, 0.1) is 11.8 Å². The van der Waals surface area contributed by atoms with Gasteiger partial charge in [-0.05, 0) is 31.1 Å². The van der Waals surface area contributed by atoms with Gasteiger partial charge >= 0.3 is 0 Å². The van der Waals surface area contributed by atoms with Crippen molar-refractivity contribution in [3.8, 4) is 0 Å². The standard InChI is InChI=1S/C12H19N3O/c1-8-3-4-11(9(2)5-8)14-10-6-12(16)15-13-7-10/h6-9,11H,3-5H2,1-2H3,(H2,14,15,16). The van der Waals surface area contributed by atoms with E-state index in [4.69, 9.17) is 0 Å². The van der Waals surface area contributed by atoms with E-state index < -0.39 is 0 Å². The minimum absolute atomic E-state index is 0.151. The molecule has 1 aliphatic carbocycles. The van der Waals surface area contributed by atoms with Crippen molar-refractivity contribution in [2.75, 3.05) is 5.32 Å². The number of aromatic nitrogens is 2. The summed E-state index contributed by atoms with van der Waals surface area (Å²) < 4.78 is 0. The largest absolute Gasteiger partial charge is 0.381 e. The molecule has 0 radical (unpaired) electrons. The van der Waals surface area contributed by atoms with Crippen LogP contribution in [0.3, 0.4) is 0 Å². The molecule has 0 amide bonds. The van der Waals surface area contributed by atoms with E-state index in [0.717, 1.165) is 11.6 Å². The molecule has 1 saturated carbocycles. The summed E-state index contributed by atoms with van der Waals surface area (Å²) in [4.78, 5) is 11.1. The third-order valence-electron chi connectivity index (χ3n) is 3.45. The van der Waals surface area contributed by atoms with E-state index in [2.05, 4.69) is 29.4 Å². The average molecular weight is 221 g/mol. The van der Waals surface area contributed by atoms with Crippen LogP contribution >= 0.6 is 0 Å². The lowest BCUT2D eigenvalue weighted by atomic mass is 9.80. The predicted molar refractivity (Wildman–Crippen MR) is 64.4 cm³/mol. The second-order valence-electron chi connectivity index (χ2n) is 4.98. The van der Waals surface area contributed by atoms with Gasteiger partial charge in [-0.3, -0.25) is 4.79 Å². The van der Waals surface area contributed by atoms with Crippen molar-refractivity contribution in [2.45, 2.75) is 39.2 Å². The third-order valence-corrected chi connectivity index (χ3v) is 3.45. The molecular formula is C12H19N3O. The van der Waals surface area contributed by atoms with Gasteiger partial charge in [-0.15, -0.1) is 0 Å². The maximum Gasteiger partial charge on any atom is 0.266 e. The number of H-pyrrole nitrogens is 1. The molecule has 0 saturated heterocycles. The molecule has 1 fully saturated rings. The summed E-state index contributed by atoms with van der Waals surface area (Å²) >= 11 is 0. The molecule has 3 unspecified atom stereocenters. The Morgan fingerprint density at radius 1 is 1.44 bits per heavy atom. The zero-order chi connectivity index (χ0) is 11.5. The molecule has 0 aromatic carbocycles. The molecule has 0 bridgehead atoms. The monoisotopic (exact) mass is 221 g/mol. The van der Waals surface area contributed by atoms with E-state index in [1.54, 1.807) is 12.3 Å². The van der Waals surface area contributed by atoms with Crippen LogP contribution in [-0.4, -0.2) is 16.2 Å². The van der Waals surface area contributed by atoms with Crippen LogP contribution in [0.1, 0.15) is 33.1 Å². The Kier molecular flexibility index (Phi) is 3.27. The average Bonchev–Trinajstić information content (AvgIpc) is 2.22. The van der Waals surface area contributed by atoms with Crippen LogP contribution in [0.25, 0.3) is 0 Å². The number of hydrogen-bond acceptors (Lipinski definition) is 3. The summed E-state index contributed by atoms with van der Waals surface area (Å²) in [6.45, 7) is 4.58. The lowest BCUT2D eigenvalue weighted by Gasteiger charge is -2.33. The summed E-state index contributed by atoms with van der Waals surface area (Å²) in [5.41, 5.74) is 0.678. The Balaban J connectivity index is 2.02. The molecule has 1 aromatic rings. The van der Waals surface area contributed by atoms with Crippen LogP contribution in [0.2, 0.25) is 0 Å². The minimum atomic E-state index is -0.151. The van der Waals surface area contributed by atoms with Gasteiger partial charge in [0.1, 0.15) is 0 Å². The summed E-state index contributed by atoms with van der Waals surface area (Å²) in [6, 6.07) is 2.04. The van der Waals surface area contributed by atoms with Crippen LogP contribution in [0.5, 0.6) is 0 Å². The van der Waals surface area contributed by atoms with Crippen molar-refractivity contribution in [1.82, 2.24) is 10.2 Å². The Morgan fingerprint density at radius 2 is 2.25 bits per heavy atom. The Labute approximate surface area is 95.5 Å². The first-order valence-corrected chi connectivity index (χ1v) is 5.96. The van der Waals surface area contributed by atoms with Crippen LogP contribution < -0.4 is 10.9 Å². The molecule has 1 aromatic heterocycles. The fourth-order valence-corrected chi connectivity index (χ4v) is 2.55. The smallest absolute Gasteiger partial charge is 0.266 e. The molecule has 0 aliphatic heterocycles. The summed E-state index contributed by atoms with van der Waals surface area (Å²) in [6.07, 6.45) is 5.37. The highest BCUT2D eigenvalue weighted by Crippen LogP contribution is 2.30. The topological polar surface area (TPSA) is 57.8 Å². The molecule has 1 aliphatic rings. The van der Waals surface area contributed by atoms with Crippen molar-refractivity contribution >= 4 is 5.69 Å². The Hall–Kier alpha value is -1.32. The van der Waals surface area contributed by atoms with Crippen molar-refractivity contribution in [3.05, 3.63) is 22.6 Å². The van der Waals surface area contributed by atoms with Crippen molar-refractivity contribution < 1.29 is 0 Å². The van der Waals surface area contributed by atoms with Crippen LogP contribution in [0.15, 0.2) is 17.1 Å². The second kappa shape index (κ2) is 4.68. The van der Waals surface area contributed by atoms with E-state index in [1.165, 1.54) is 19.3 Å². The van der Waals surface area contributed by atoms with Gasteiger partial charge in [-0.1, -0.05) is 13.8 Å². The number of rotatable bonds is 2. The van der Waals surface area contributed by atoms with Crippen LogP contribution in [0.4, 0.5) is 5.69 Å². The first-order valence-electron chi connectivity index (χ1n) is 5.96. The summed E-state index contributed by atoms with van der Waals surface area (Å²) in [5.74, 6) is 1.48. The number of nitrogens with zero attached hydrogens (tertiary/aromatic N) is 1. The van der Waals surface area contributed by atoms with Crippen molar-refractivity contribution in [3.63, 3.8) is 0 Å². The van der Waals surface area contributed by atoms with Crippen LogP contribution in [-0.2, 0) is 0 Å². The fourth-order valence-electron chi connectivity index (χ4n) is 2.55. The molecule has 0 spiro atoms. The van der Waals surface area contributed by atoms with E-state index in [9.17, 15) is 4.79 Å². The second-order valence-corrected chi connectivity index (χ2v) is 4.98. The van der Waals surface area contributed by atoms with Gasteiger partial charge < -0.3 is 5.32 Å². The molecule has 88 valence electrons. The SMILES string of the molecule is CC1CCC(Nc2cn[nH]c(=O)c2)C(C)C1. The highest BCUT2D eigenvalue weighted by Gasteiger charge is 2.25. The number of nitrogens with one attached hydrogen (secondary N) is 2. The molecule has 2 N–H and O–H groups in total. The first-order chi connectivity index (χ1) is 7.65. The van der Waals surface area contributed by atoms with Gasteiger partial charge in [-0.2, -0.15) is 5.10 Å². The quantitative estimate of drug-likeness (QED) is 0.803. The van der Waals surface area contributed by atoms with Crippen molar-refractivity contribution in [2.24, 2.45) is 11.8 Å². The molecule has 4 nitrogen and oxygen atoms in total. The van der Waals surface area contributed by atoms with E-state index in [-0.39, 0.29) is 5.56 Å². The minimum Gasteiger partial charge on any atom is -0.381 e. The van der Waals surface area contributed by atoms with Gasteiger partial charge in [0.05, 0.1) is 11.9 Å². The fraction of sp³-hybridized carbons (Fsp3) is 0.667. The summed E-state index contributed by atoms with van der Waals surface area (Å²) in [5, 5.41) is 9.58. The lowest BCUT2D eigenvalue weighted by molar-refractivity contribution is 0.276. The predicted octanol–water partition coefficient (Wildman–Crippen LogP) is 2.01. The van der Waals surface area contributed by atoms with Gasteiger partial charge in [0.25, 0.3) is 5.56 Å². The maximum atomic E-state index is 11.1. The van der Waals surface area contributed by atoms with Gasteiger partial charge in [-0.25, -0.2) is 5.10 Å². The molecule has 2 rings (SSSR count). The lowest BCUT2D eigenvalue weighted by Crippen LogP contribution is -2.33. The van der Waals surface area contributed by atoms with E-state index in [0.29, 0.717) is 12.0 Å². The first kappa shape index (κ1) is 11.2. The van der Waals surface area contributed by atoms with E-state index in [1.807, 2.05) is 0 Å². The molecule has 16 heavy (non-hydrogen) atoms. The highest BCUT2D eigenvalue weighted by molar-refractivity contribution is 5.40. The maximum absolute atomic E-state index is 11.1. The zero-order valence-corrected chi connectivity index (χ0v) is 9.86. The highest BCUT2D eigenvalue weighted by atomic mass is 16.1. The number of hydrogen-bond donors (Lipinski definition) is 2. The Morgan fingerprint density at radius 3 is 2.94 bits per heavy atom. The van der Waals surface area contributed by atoms with E-state index >= 15 is 0 Å². The number of aromatic amines is 1. The Bertz CT molecular complexity index is 401. The third kappa shape index (κ3) is 2.62. The van der Waals surface area contributed by atoms with Gasteiger partial charge in [0.2, 0.25) is 0 Å². The molecular weight excluding hydrogens is 202 g/mol. The molecule has 4 heteroatoms. The molecule has 1 heterocycles. The normalized spacial score (nSPS) is 30.0. The summed E-state index contributed by atoms with van der Waals surface area (Å²) in [7, 11) is 0. The van der Waals surface area contributed by atoms with Gasteiger partial charge in [0.15, 0.2) is 0 Å². The van der Waals surface area contributed by atoms with Crippen molar-refractivity contribution in [1.29, 1.82) is 0 Å².